The van der Waals surface area contributed by atoms with Crippen LogP contribution in [0.3, 0.4) is 0 Å². The molecular weight excluding hydrogens is 855 g/mol. The smallest absolute Gasteiger partial charge is 0.143 e. The van der Waals surface area contributed by atoms with Crippen LogP contribution >= 0.6 is 11.3 Å². The molecule has 0 N–H and O–H groups in total. The molecule has 0 atom stereocenters. The Kier molecular flexibility index (Phi) is 8.58. The van der Waals surface area contributed by atoms with E-state index in [0.29, 0.717) is 0 Å². The molecule has 0 saturated carbocycles. The van der Waals surface area contributed by atoms with Gasteiger partial charge in [0, 0.05) is 64.4 Å². The van der Waals surface area contributed by atoms with E-state index in [1.807, 2.05) is 17.4 Å². The molecule has 2 aromatic heterocycles. The van der Waals surface area contributed by atoms with Crippen LogP contribution in [0.25, 0.3) is 97.7 Å². The van der Waals surface area contributed by atoms with E-state index in [-0.39, 0.29) is 10.8 Å². The molecule has 3 heteroatoms. The summed E-state index contributed by atoms with van der Waals surface area (Å²) in [6, 6.07) is 78.8. The second kappa shape index (κ2) is 14.8. The summed E-state index contributed by atoms with van der Waals surface area (Å²) < 4.78 is 9.13. The van der Waals surface area contributed by atoms with Crippen LogP contribution in [0.15, 0.2) is 217 Å². The number of thiophene rings is 1. The van der Waals surface area contributed by atoms with Crippen LogP contribution in [0.1, 0.15) is 49.9 Å². The van der Waals surface area contributed by atoms with E-state index in [4.69, 9.17) is 4.42 Å². The summed E-state index contributed by atoms with van der Waals surface area (Å²) in [5.74, 6) is 0. The number of furan rings is 1. The van der Waals surface area contributed by atoms with Gasteiger partial charge in [-0.3, -0.25) is 0 Å². The van der Waals surface area contributed by atoms with E-state index in [1.165, 1.54) is 92.5 Å². The topological polar surface area (TPSA) is 16.4 Å². The first-order valence-corrected chi connectivity index (χ1v) is 24.9. The van der Waals surface area contributed by atoms with Crippen molar-refractivity contribution in [3.63, 3.8) is 0 Å². The van der Waals surface area contributed by atoms with Crippen LogP contribution in [0.5, 0.6) is 0 Å². The van der Waals surface area contributed by atoms with Crippen molar-refractivity contribution in [3.8, 4) is 55.6 Å². The van der Waals surface area contributed by atoms with Gasteiger partial charge >= 0.3 is 0 Å². The SMILES string of the molecule is CC1(C)c2ccc(-c3ccc(N(c4ccc(-c5cccc6sc7ccccc7c56)cc4)c4ccc5c(c4)C(C)(C)c4ccccc4-5)cc3)cc2-c2ccc(-c3cccc4c3oc3ccccc34)cc21. The minimum atomic E-state index is -0.156. The lowest BCUT2D eigenvalue weighted by molar-refractivity contribution is 0.660. The summed E-state index contributed by atoms with van der Waals surface area (Å²) in [4.78, 5) is 2.43. The van der Waals surface area contributed by atoms with Crippen molar-refractivity contribution in [2.75, 3.05) is 4.90 Å². The molecule has 2 aliphatic rings. The quantitative estimate of drug-likeness (QED) is 0.165. The first-order valence-electron chi connectivity index (χ1n) is 24.1. The molecule has 0 radical (unpaired) electrons. The van der Waals surface area contributed by atoms with Crippen LogP contribution in [-0.4, -0.2) is 0 Å². The summed E-state index contributed by atoms with van der Waals surface area (Å²) >= 11 is 1.87. The molecule has 69 heavy (non-hydrogen) atoms. The van der Waals surface area contributed by atoms with Crippen molar-refractivity contribution < 1.29 is 4.42 Å². The lowest BCUT2D eigenvalue weighted by atomic mass is 9.81. The second-order valence-electron chi connectivity index (χ2n) is 20.0. The molecule has 2 nitrogen and oxygen atoms in total. The fourth-order valence-electron chi connectivity index (χ4n) is 12.0. The Labute approximate surface area is 406 Å². The van der Waals surface area contributed by atoms with Crippen LogP contribution < -0.4 is 4.90 Å². The zero-order chi connectivity index (χ0) is 46.2. The van der Waals surface area contributed by atoms with Gasteiger partial charge in [0.2, 0.25) is 0 Å². The van der Waals surface area contributed by atoms with Crippen molar-refractivity contribution in [1.82, 2.24) is 0 Å². The van der Waals surface area contributed by atoms with Crippen molar-refractivity contribution >= 4 is 70.5 Å². The van der Waals surface area contributed by atoms with Crippen LogP contribution in [0.4, 0.5) is 17.1 Å². The van der Waals surface area contributed by atoms with E-state index < -0.39 is 0 Å². The first-order chi connectivity index (χ1) is 33.7. The van der Waals surface area contributed by atoms with E-state index in [2.05, 4.69) is 239 Å². The molecule has 0 spiro atoms. The molecule has 0 saturated heterocycles. The van der Waals surface area contributed by atoms with Crippen LogP contribution in [-0.2, 0) is 10.8 Å². The van der Waals surface area contributed by atoms with Gasteiger partial charge < -0.3 is 9.32 Å². The van der Waals surface area contributed by atoms with Gasteiger partial charge in [-0.25, -0.2) is 0 Å². The van der Waals surface area contributed by atoms with E-state index in [1.54, 1.807) is 0 Å². The molecular formula is C66H47NOS. The number of nitrogens with zero attached hydrogens (tertiary/aromatic N) is 1. The van der Waals surface area contributed by atoms with Crippen LogP contribution in [0, 0.1) is 0 Å². The molecule has 0 fully saturated rings. The summed E-state index contributed by atoms with van der Waals surface area (Å²) in [5.41, 5.74) is 22.9. The third kappa shape index (κ3) is 5.97. The molecule has 328 valence electrons. The average molecular weight is 902 g/mol. The zero-order valence-electron chi connectivity index (χ0n) is 39.0. The van der Waals surface area contributed by atoms with Gasteiger partial charge in [-0.1, -0.05) is 173 Å². The highest BCUT2D eigenvalue weighted by Gasteiger charge is 2.37. The second-order valence-corrected chi connectivity index (χ2v) is 21.1. The van der Waals surface area contributed by atoms with Crippen LogP contribution in [0.2, 0.25) is 0 Å². The summed E-state index contributed by atoms with van der Waals surface area (Å²) in [6.45, 7) is 9.45. The highest BCUT2D eigenvalue weighted by Crippen LogP contribution is 2.53. The van der Waals surface area contributed by atoms with E-state index in [9.17, 15) is 0 Å². The third-order valence-electron chi connectivity index (χ3n) is 15.5. The van der Waals surface area contributed by atoms with Gasteiger partial charge in [0.15, 0.2) is 0 Å². The molecule has 10 aromatic carbocycles. The molecule has 0 unspecified atom stereocenters. The maximum Gasteiger partial charge on any atom is 0.143 e. The van der Waals surface area contributed by atoms with Crippen molar-refractivity contribution in [2.24, 2.45) is 0 Å². The highest BCUT2D eigenvalue weighted by atomic mass is 32.1. The summed E-state index contributed by atoms with van der Waals surface area (Å²) in [7, 11) is 0. The van der Waals surface area contributed by atoms with Crippen molar-refractivity contribution in [2.45, 2.75) is 38.5 Å². The molecule has 0 aliphatic heterocycles. The largest absolute Gasteiger partial charge is 0.455 e. The zero-order valence-corrected chi connectivity index (χ0v) is 39.8. The van der Waals surface area contributed by atoms with Gasteiger partial charge in [-0.15, -0.1) is 11.3 Å². The maximum absolute atomic E-state index is 6.49. The minimum Gasteiger partial charge on any atom is -0.455 e. The van der Waals surface area contributed by atoms with Crippen molar-refractivity contribution in [1.29, 1.82) is 0 Å². The Balaban J connectivity index is 0.840. The number of para-hydroxylation sites is 2. The molecule has 14 rings (SSSR count). The molecule has 2 aliphatic carbocycles. The number of benzene rings is 10. The van der Waals surface area contributed by atoms with Gasteiger partial charge in [0.1, 0.15) is 11.2 Å². The average Bonchev–Trinajstić information content (AvgIpc) is 4.09. The number of hydrogen-bond donors (Lipinski definition) is 0. The fourth-order valence-corrected chi connectivity index (χ4v) is 13.1. The van der Waals surface area contributed by atoms with Gasteiger partial charge in [0.25, 0.3) is 0 Å². The van der Waals surface area contributed by atoms with E-state index >= 15 is 0 Å². The Bertz CT molecular complexity index is 4070. The predicted molar refractivity (Wildman–Crippen MR) is 293 cm³/mol. The minimum absolute atomic E-state index is 0.117. The number of rotatable bonds is 6. The lowest BCUT2D eigenvalue weighted by Gasteiger charge is -2.28. The van der Waals surface area contributed by atoms with Crippen molar-refractivity contribution in [3.05, 3.63) is 235 Å². The fraction of sp³-hybridized carbons (Fsp3) is 0.0909. The Morgan fingerprint density at radius 1 is 0.348 bits per heavy atom. The standard InChI is InChI=1S/C66H47NOS/c1-65(2)56-19-8-5-13-49(56)50-35-33-46(39-59(50)65)67(45-31-25-41(26-32-45)47-16-12-22-62-63(47)54-15-7-10-21-61(54)69-62)44-29-23-40(24-30-44)42-28-36-57-55(37-42)51-34-27-43(38-58(51)66(57,3)4)48-17-11-18-53-52-14-6-9-20-60(52)68-64(48)53/h5-39H,1-4H3. The first kappa shape index (κ1) is 40.1. The third-order valence-corrected chi connectivity index (χ3v) is 16.7. The molecule has 12 aromatic rings. The van der Waals surface area contributed by atoms with Gasteiger partial charge in [0.05, 0.1) is 0 Å². The number of hydrogen-bond acceptors (Lipinski definition) is 3. The van der Waals surface area contributed by atoms with E-state index in [0.717, 1.165) is 44.6 Å². The lowest BCUT2D eigenvalue weighted by Crippen LogP contribution is -2.16. The molecule has 0 bridgehead atoms. The molecule has 2 heterocycles. The highest BCUT2D eigenvalue weighted by molar-refractivity contribution is 7.25. The Hall–Kier alpha value is -7.98. The normalized spacial score (nSPS) is 14.0. The summed E-state index contributed by atoms with van der Waals surface area (Å²) in [6.07, 6.45) is 0. The monoisotopic (exact) mass is 901 g/mol. The van der Waals surface area contributed by atoms with Gasteiger partial charge in [-0.05, 0) is 139 Å². The Morgan fingerprint density at radius 3 is 1.72 bits per heavy atom. The maximum atomic E-state index is 6.49. The van der Waals surface area contributed by atoms with Gasteiger partial charge in [-0.2, -0.15) is 0 Å². The Morgan fingerprint density at radius 2 is 0.899 bits per heavy atom. The number of anilines is 3. The number of fused-ring (bicyclic) bond motifs is 12. The predicted octanol–water partition coefficient (Wildman–Crippen LogP) is 19.0. The summed E-state index contributed by atoms with van der Waals surface area (Å²) in [5, 5.41) is 4.96. The molecule has 0 amide bonds.